The van der Waals surface area contributed by atoms with Gasteiger partial charge in [-0.15, -0.1) is 0 Å². The van der Waals surface area contributed by atoms with E-state index < -0.39 is 0 Å². The number of carbonyl (C=O) groups excluding carboxylic acids is 1. The molecule has 1 saturated heterocycles. The van der Waals surface area contributed by atoms with Crippen LogP contribution in [0.15, 0.2) is 47.1 Å². The summed E-state index contributed by atoms with van der Waals surface area (Å²) in [5.74, 6) is 0.00658. The standard InChI is InChI=1S/C17H19BrN4O/c1-21-7-9-22(10-8-21)17(23)16-6-5-15(12-19-16)20-14-4-2-3-13(18)11-14/h2-6,11-12,20H,7-10H2,1H3. The number of anilines is 2. The first-order chi connectivity index (χ1) is 11.1. The van der Waals surface area contributed by atoms with Crippen LogP contribution in [0.1, 0.15) is 10.5 Å². The molecule has 1 aromatic heterocycles. The first-order valence-electron chi connectivity index (χ1n) is 7.58. The average Bonchev–Trinajstić information content (AvgIpc) is 2.56. The van der Waals surface area contributed by atoms with Gasteiger partial charge in [-0.1, -0.05) is 22.0 Å². The van der Waals surface area contributed by atoms with Gasteiger partial charge in [0, 0.05) is 36.3 Å². The molecule has 1 aliphatic rings. The fourth-order valence-corrected chi connectivity index (χ4v) is 2.90. The smallest absolute Gasteiger partial charge is 0.272 e. The number of pyridine rings is 1. The fourth-order valence-electron chi connectivity index (χ4n) is 2.50. The maximum Gasteiger partial charge on any atom is 0.272 e. The molecule has 0 aliphatic carbocycles. The Morgan fingerprint density at radius 2 is 1.91 bits per heavy atom. The number of aromatic nitrogens is 1. The van der Waals surface area contributed by atoms with Crippen molar-refractivity contribution in [1.82, 2.24) is 14.8 Å². The van der Waals surface area contributed by atoms with Crippen molar-refractivity contribution >= 4 is 33.2 Å². The Kier molecular flexibility index (Phi) is 4.93. The van der Waals surface area contributed by atoms with Gasteiger partial charge in [-0.25, -0.2) is 4.98 Å². The van der Waals surface area contributed by atoms with Gasteiger partial charge >= 0.3 is 0 Å². The molecule has 5 nitrogen and oxygen atoms in total. The van der Waals surface area contributed by atoms with Crippen molar-refractivity contribution in [2.24, 2.45) is 0 Å². The molecule has 23 heavy (non-hydrogen) atoms. The molecule has 2 heterocycles. The molecule has 1 fully saturated rings. The second-order valence-electron chi connectivity index (χ2n) is 5.66. The van der Waals surface area contributed by atoms with Crippen LogP contribution in [0.3, 0.4) is 0 Å². The third-order valence-electron chi connectivity index (χ3n) is 3.89. The Morgan fingerprint density at radius 1 is 1.13 bits per heavy atom. The van der Waals surface area contributed by atoms with Crippen LogP contribution >= 0.6 is 15.9 Å². The molecule has 3 rings (SSSR count). The average molecular weight is 375 g/mol. The zero-order valence-electron chi connectivity index (χ0n) is 13.0. The predicted molar refractivity (Wildman–Crippen MR) is 95.1 cm³/mol. The number of hydrogen-bond donors (Lipinski definition) is 1. The molecule has 0 unspecified atom stereocenters. The van der Waals surface area contributed by atoms with Crippen molar-refractivity contribution in [3.8, 4) is 0 Å². The number of benzene rings is 1. The van der Waals surface area contributed by atoms with Gasteiger partial charge in [-0.05, 0) is 37.4 Å². The lowest BCUT2D eigenvalue weighted by atomic mass is 10.2. The van der Waals surface area contributed by atoms with Crippen LogP contribution in [0.4, 0.5) is 11.4 Å². The van der Waals surface area contributed by atoms with Gasteiger partial charge in [-0.2, -0.15) is 0 Å². The zero-order valence-corrected chi connectivity index (χ0v) is 14.6. The number of likely N-dealkylation sites (N-methyl/N-ethyl adjacent to an activating group) is 1. The minimum atomic E-state index is 0.00658. The number of amides is 1. The lowest BCUT2D eigenvalue weighted by molar-refractivity contribution is 0.0658. The Labute approximate surface area is 144 Å². The maximum absolute atomic E-state index is 12.4. The van der Waals surface area contributed by atoms with Crippen LogP contribution < -0.4 is 5.32 Å². The number of halogens is 1. The summed E-state index contributed by atoms with van der Waals surface area (Å²) in [4.78, 5) is 20.8. The minimum absolute atomic E-state index is 0.00658. The number of nitrogens with one attached hydrogen (secondary N) is 1. The van der Waals surface area contributed by atoms with Crippen LogP contribution in [-0.2, 0) is 0 Å². The number of rotatable bonds is 3. The van der Waals surface area contributed by atoms with Crippen LogP contribution in [0.5, 0.6) is 0 Å². The normalized spacial score (nSPS) is 15.5. The Morgan fingerprint density at radius 3 is 2.57 bits per heavy atom. The summed E-state index contributed by atoms with van der Waals surface area (Å²) in [6, 6.07) is 11.6. The van der Waals surface area contributed by atoms with Crippen LogP contribution in [0, 0.1) is 0 Å². The van der Waals surface area contributed by atoms with Crippen LogP contribution in [-0.4, -0.2) is 53.9 Å². The molecule has 6 heteroatoms. The zero-order chi connectivity index (χ0) is 16.2. The van der Waals surface area contributed by atoms with Crippen molar-refractivity contribution in [3.05, 3.63) is 52.8 Å². The summed E-state index contributed by atoms with van der Waals surface area (Å²) in [6.45, 7) is 3.34. The fraction of sp³-hybridized carbons (Fsp3) is 0.294. The minimum Gasteiger partial charge on any atom is -0.354 e. The molecule has 1 N–H and O–H groups in total. The van der Waals surface area contributed by atoms with E-state index in [1.165, 1.54) is 0 Å². The quantitative estimate of drug-likeness (QED) is 0.896. The van der Waals surface area contributed by atoms with Crippen LogP contribution in [0.2, 0.25) is 0 Å². The summed E-state index contributed by atoms with van der Waals surface area (Å²) in [6.07, 6.45) is 1.70. The number of piperazine rings is 1. The second kappa shape index (κ2) is 7.10. The Balaban J connectivity index is 1.66. The van der Waals surface area contributed by atoms with Crippen LogP contribution in [0.25, 0.3) is 0 Å². The molecule has 1 amide bonds. The molecular formula is C17H19BrN4O. The van der Waals surface area contributed by atoms with Gasteiger partial charge in [0.2, 0.25) is 0 Å². The first kappa shape index (κ1) is 16.0. The number of carbonyl (C=O) groups is 1. The molecule has 0 spiro atoms. The highest BCUT2D eigenvalue weighted by Crippen LogP contribution is 2.20. The molecule has 0 atom stereocenters. The number of nitrogens with zero attached hydrogens (tertiary/aromatic N) is 3. The van der Waals surface area contributed by atoms with Gasteiger partial charge in [0.1, 0.15) is 5.69 Å². The molecular weight excluding hydrogens is 356 g/mol. The highest BCUT2D eigenvalue weighted by molar-refractivity contribution is 9.10. The van der Waals surface area contributed by atoms with Crippen molar-refractivity contribution in [1.29, 1.82) is 0 Å². The summed E-state index contributed by atoms with van der Waals surface area (Å²) in [5, 5.41) is 3.27. The monoisotopic (exact) mass is 374 g/mol. The van der Waals surface area contributed by atoms with E-state index in [2.05, 4.69) is 38.2 Å². The van der Waals surface area contributed by atoms with E-state index in [1.807, 2.05) is 35.2 Å². The number of hydrogen-bond acceptors (Lipinski definition) is 4. The summed E-state index contributed by atoms with van der Waals surface area (Å²) in [5.41, 5.74) is 2.33. The van der Waals surface area contributed by atoms with E-state index in [0.29, 0.717) is 5.69 Å². The topological polar surface area (TPSA) is 48.5 Å². The third kappa shape index (κ3) is 4.09. The van der Waals surface area contributed by atoms with E-state index in [0.717, 1.165) is 42.0 Å². The lowest BCUT2D eigenvalue weighted by Gasteiger charge is -2.32. The molecule has 0 saturated carbocycles. The van der Waals surface area contributed by atoms with Gasteiger partial charge in [0.25, 0.3) is 5.91 Å². The highest BCUT2D eigenvalue weighted by atomic mass is 79.9. The molecule has 120 valence electrons. The van der Waals surface area contributed by atoms with E-state index in [1.54, 1.807) is 12.3 Å². The summed E-state index contributed by atoms with van der Waals surface area (Å²) in [7, 11) is 2.07. The Bertz CT molecular complexity index is 681. The van der Waals surface area contributed by atoms with Gasteiger partial charge < -0.3 is 15.1 Å². The first-order valence-corrected chi connectivity index (χ1v) is 8.37. The molecule has 1 aliphatic heterocycles. The third-order valence-corrected chi connectivity index (χ3v) is 4.38. The van der Waals surface area contributed by atoms with E-state index in [9.17, 15) is 4.79 Å². The largest absolute Gasteiger partial charge is 0.354 e. The van der Waals surface area contributed by atoms with Crippen molar-refractivity contribution in [2.45, 2.75) is 0 Å². The van der Waals surface area contributed by atoms with E-state index >= 15 is 0 Å². The predicted octanol–water partition coefficient (Wildman–Crippen LogP) is 2.98. The SMILES string of the molecule is CN1CCN(C(=O)c2ccc(Nc3cccc(Br)c3)cn2)CC1. The van der Waals surface area contributed by atoms with Gasteiger partial charge in [0.05, 0.1) is 11.9 Å². The Hall–Kier alpha value is -1.92. The van der Waals surface area contributed by atoms with Gasteiger partial charge in [-0.3, -0.25) is 4.79 Å². The van der Waals surface area contributed by atoms with Crippen molar-refractivity contribution < 1.29 is 4.79 Å². The molecule has 0 bridgehead atoms. The second-order valence-corrected chi connectivity index (χ2v) is 6.58. The molecule has 0 radical (unpaired) electrons. The molecule has 1 aromatic carbocycles. The van der Waals surface area contributed by atoms with E-state index in [4.69, 9.17) is 0 Å². The summed E-state index contributed by atoms with van der Waals surface area (Å²) >= 11 is 3.45. The maximum atomic E-state index is 12.4. The van der Waals surface area contributed by atoms with Crippen molar-refractivity contribution in [2.75, 3.05) is 38.5 Å². The lowest BCUT2D eigenvalue weighted by Crippen LogP contribution is -2.47. The van der Waals surface area contributed by atoms with E-state index in [-0.39, 0.29) is 5.91 Å². The summed E-state index contributed by atoms with van der Waals surface area (Å²) < 4.78 is 1.01. The molecule has 2 aromatic rings. The van der Waals surface area contributed by atoms with Crippen molar-refractivity contribution in [3.63, 3.8) is 0 Å². The van der Waals surface area contributed by atoms with Gasteiger partial charge in [0.15, 0.2) is 0 Å². The highest BCUT2D eigenvalue weighted by Gasteiger charge is 2.21.